The van der Waals surface area contributed by atoms with Gasteiger partial charge in [-0.25, -0.2) is 4.98 Å². The summed E-state index contributed by atoms with van der Waals surface area (Å²) in [7, 11) is 0. The highest BCUT2D eigenvalue weighted by Gasteiger charge is 2.30. The number of hydrogen-bond donors (Lipinski definition) is 1. The number of carbonyl (C=O) groups excluding carboxylic acids is 2. The Morgan fingerprint density at radius 3 is 2.85 bits per heavy atom. The molecule has 6 heteroatoms. The van der Waals surface area contributed by atoms with Gasteiger partial charge in [-0.3, -0.25) is 14.0 Å². The predicted octanol–water partition coefficient (Wildman–Crippen LogP) is 3.66. The predicted molar refractivity (Wildman–Crippen MR) is 106 cm³/mol. The fourth-order valence-corrected chi connectivity index (χ4v) is 3.84. The molecule has 0 aromatic carbocycles. The SMILES string of the molecule is CCCCCNC(=O)c1nc(C(=O)N2CCCCC2CC)c2ccccn12. The summed E-state index contributed by atoms with van der Waals surface area (Å²) in [6.45, 7) is 5.65. The van der Waals surface area contributed by atoms with Crippen molar-refractivity contribution >= 4 is 17.3 Å². The van der Waals surface area contributed by atoms with Crippen LogP contribution in [0, 0.1) is 0 Å². The molecule has 3 heterocycles. The van der Waals surface area contributed by atoms with Gasteiger partial charge in [0.2, 0.25) is 5.82 Å². The lowest BCUT2D eigenvalue weighted by atomic mass is 9.99. The first-order chi connectivity index (χ1) is 13.2. The molecule has 1 aliphatic heterocycles. The van der Waals surface area contributed by atoms with E-state index in [1.54, 1.807) is 10.6 Å². The Hall–Kier alpha value is -2.37. The third-order valence-corrected chi connectivity index (χ3v) is 5.38. The van der Waals surface area contributed by atoms with Gasteiger partial charge in [-0.05, 0) is 44.2 Å². The number of fused-ring (bicyclic) bond motifs is 1. The molecule has 6 nitrogen and oxygen atoms in total. The monoisotopic (exact) mass is 370 g/mol. The Morgan fingerprint density at radius 1 is 1.22 bits per heavy atom. The maximum atomic E-state index is 13.2. The van der Waals surface area contributed by atoms with Gasteiger partial charge in [0.1, 0.15) is 0 Å². The summed E-state index contributed by atoms with van der Waals surface area (Å²) in [6, 6.07) is 5.86. The van der Waals surface area contributed by atoms with Crippen molar-refractivity contribution in [3.05, 3.63) is 35.9 Å². The molecule has 1 atom stereocenters. The van der Waals surface area contributed by atoms with E-state index >= 15 is 0 Å². The number of likely N-dealkylation sites (tertiary alicyclic amines) is 1. The zero-order chi connectivity index (χ0) is 19.2. The van der Waals surface area contributed by atoms with Crippen molar-refractivity contribution in [2.75, 3.05) is 13.1 Å². The lowest BCUT2D eigenvalue weighted by Crippen LogP contribution is -2.43. The molecule has 2 amide bonds. The minimum Gasteiger partial charge on any atom is -0.349 e. The van der Waals surface area contributed by atoms with E-state index in [0.29, 0.717) is 17.8 Å². The van der Waals surface area contributed by atoms with E-state index in [2.05, 4.69) is 24.1 Å². The number of nitrogens with zero attached hydrogens (tertiary/aromatic N) is 3. The van der Waals surface area contributed by atoms with E-state index in [0.717, 1.165) is 51.5 Å². The molecular weight excluding hydrogens is 340 g/mol. The van der Waals surface area contributed by atoms with Crippen LogP contribution >= 0.6 is 0 Å². The summed E-state index contributed by atoms with van der Waals surface area (Å²) in [4.78, 5) is 32.3. The Balaban J connectivity index is 1.88. The van der Waals surface area contributed by atoms with Crippen LogP contribution in [0.15, 0.2) is 24.4 Å². The minimum absolute atomic E-state index is 0.0599. The highest BCUT2D eigenvalue weighted by molar-refractivity contribution is 6.02. The van der Waals surface area contributed by atoms with Gasteiger partial charge < -0.3 is 10.2 Å². The molecule has 0 aliphatic carbocycles. The molecule has 0 spiro atoms. The molecule has 2 aromatic rings. The molecule has 1 aliphatic rings. The zero-order valence-electron chi connectivity index (χ0n) is 16.4. The first-order valence-corrected chi connectivity index (χ1v) is 10.2. The molecule has 0 bridgehead atoms. The van der Waals surface area contributed by atoms with Crippen LogP contribution in [-0.4, -0.2) is 45.2 Å². The maximum Gasteiger partial charge on any atom is 0.287 e. The van der Waals surface area contributed by atoms with Gasteiger partial charge in [-0.1, -0.05) is 32.8 Å². The molecule has 1 unspecified atom stereocenters. The van der Waals surface area contributed by atoms with Crippen molar-refractivity contribution in [3.63, 3.8) is 0 Å². The molecule has 27 heavy (non-hydrogen) atoms. The summed E-state index contributed by atoms with van der Waals surface area (Å²) in [6.07, 6.45) is 9.11. The molecular formula is C21H30N4O2. The Kier molecular flexibility index (Phi) is 6.48. The number of amides is 2. The van der Waals surface area contributed by atoms with E-state index in [1.165, 1.54) is 0 Å². The first kappa shape index (κ1) is 19.4. The third-order valence-electron chi connectivity index (χ3n) is 5.38. The normalized spacial score (nSPS) is 17.3. The lowest BCUT2D eigenvalue weighted by Gasteiger charge is -2.34. The van der Waals surface area contributed by atoms with Crippen molar-refractivity contribution in [3.8, 4) is 0 Å². The van der Waals surface area contributed by atoms with Gasteiger partial charge in [0, 0.05) is 25.3 Å². The number of unbranched alkanes of at least 4 members (excludes halogenated alkanes) is 2. The number of nitrogens with one attached hydrogen (secondary N) is 1. The van der Waals surface area contributed by atoms with Gasteiger partial charge in [-0.2, -0.15) is 0 Å². The first-order valence-electron chi connectivity index (χ1n) is 10.2. The molecule has 0 radical (unpaired) electrons. The maximum absolute atomic E-state index is 13.2. The van der Waals surface area contributed by atoms with Crippen LogP contribution in [0.2, 0.25) is 0 Å². The summed E-state index contributed by atoms with van der Waals surface area (Å²) in [5.74, 6) is 0.00262. The second kappa shape index (κ2) is 9.02. The van der Waals surface area contributed by atoms with Crippen LogP contribution in [0.3, 0.4) is 0 Å². The second-order valence-corrected chi connectivity index (χ2v) is 7.26. The Bertz CT molecular complexity index is 799. The van der Waals surface area contributed by atoms with Crippen LogP contribution < -0.4 is 5.32 Å². The number of imidazole rings is 1. The van der Waals surface area contributed by atoms with Gasteiger partial charge in [-0.15, -0.1) is 0 Å². The van der Waals surface area contributed by atoms with Crippen LogP contribution in [-0.2, 0) is 0 Å². The number of aromatic nitrogens is 2. The van der Waals surface area contributed by atoms with Gasteiger partial charge in [0.15, 0.2) is 5.69 Å². The quantitative estimate of drug-likeness (QED) is 0.757. The average Bonchev–Trinajstić information content (AvgIpc) is 3.10. The Labute approximate surface area is 161 Å². The van der Waals surface area contributed by atoms with E-state index < -0.39 is 0 Å². The fourth-order valence-electron chi connectivity index (χ4n) is 3.84. The van der Waals surface area contributed by atoms with E-state index in [4.69, 9.17) is 0 Å². The minimum atomic E-state index is -0.225. The van der Waals surface area contributed by atoms with Crippen LogP contribution in [0.1, 0.15) is 79.9 Å². The molecule has 1 saturated heterocycles. The zero-order valence-corrected chi connectivity index (χ0v) is 16.4. The van der Waals surface area contributed by atoms with Crippen molar-refractivity contribution in [2.45, 2.75) is 64.8 Å². The van der Waals surface area contributed by atoms with E-state index in [9.17, 15) is 9.59 Å². The molecule has 1 fully saturated rings. The number of rotatable bonds is 7. The van der Waals surface area contributed by atoms with E-state index in [1.807, 2.05) is 23.1 Å². The number of piperidine rings is 1. The number of pyridine rings is 1. The topological polar surface area (TPSA) is 66.7 Å². The standard InChI is InChI=1S/C21H30N4O2/c1-3-5-8-13-22-20(26)19-23-18(17-12-7-10-15-25(17)19)21(27)24-14-9-6-11-16(24)4-2/h7,10,12,15-16H,3-6,8-9,11,13-14H2,1-2H3,(H,22,26). The summed E-state index contributed by atoms with van der Waals surface area (Å²) in [5, 5.41) is 2.93. The average molecular weight is 370 g/mol. The summed E-state index contributed by atoms with van der Waals surface area (Å²) < 4.78 is 1.73. The van der Waals surface area contributed by atoms with E-state index in [-0.39, 0.29) is 23.7 Å². The molecule has 1 N–H and O–H groups in total. The van der Waals surface area contributed by atoms with Gasteiger partial charge >= 0.3 is 0 Å². The smallest absolute Gasteiger partial charge is 0.287 e. The number of carbonyl (C=O) groups is 2. The summed E-state index contributed by atoms with van der Waals surface area (Å²) >= 11 is 0. The largest absolute Gasteiger partial charge is 0.349 e. The third kappa shape index (κ3) is 4.15. The molecule has 3 rings (SSSR count). The van der Waals surface area contributed by atoms with Crippen LogP contribution in [0.4, 0.5) is 0 Å². The van der Waals surface area contributed by atoms with Gasteiger partial charge in [0.25, 0.3) is 11.8 Å². The molecule has 0 saturated carbocycles. The highest BCUT2D eigenvalue weighted by Crippen LogP contribution is 2.23. The lowest BCUT2D eigenvalue weighted by molar-refractivity contribution is 0.0604. The number of hydrogen-bond acceptors (Lipinski definition) is 3. The van der Waals surface area contributed by atoms with Crippen LogP contribution in [0.5, 0.6) is 0 Å². The van der Waals surface area contributed by atoms with Crippen molar-refractivity contribution in [1.29, 1.82) is 0 Å². The summed E-state index contributed by atoms with van der Waals surface area (Å²) in [5.41, 5.74) is 1.08. The Morgan fingerprint density at radius 2 is 2.07 bits per heavy atom. The second-order valence-electron chi connectivity index (χ2n) is 7.26. The fraction of sp³-hybridized carbons (Fsp3) is 0.571. The molecule has 2 aromatic heterocycles. The highest BCUT2D eigenvalue weighted by atomic mass is 16.2. The van der Waals surface area contributed by atoms with Crippen LogP contribution in [0.25, 0.3) is 5.52 Å². The van der Waals surface area contributed by atoms with Crippen molar-refractivity contribution < 1.29 is 9.59 Å². The van der Waals surface area contributed by atoms with Crippen molar-refractivity contribution in [2.24, 2.45) is 0 Å². The van der Waals surface area contributed by atoms with Gasteiger partial charge in [0.05, 0.1) is 5.52 Å². The molecule has 146 valence electrons. The van der Waals surface area contributed by atoms with Crippen molar-refractivity contribution in [1.82, 2.24) is 19.6 Å².